The fraction of sp³-hybridized carbons (Fsp3) is 0.474. The number of nitrogens with one attached hydrogen (secondary N) is 1. The van der Waals surface area contributed by atoms with Gasteiger partial charge in [-0.05, 0) is 39.7 Å². The SMILES string of the molecule is CC(c1cc(=O)n(CCc2ccccc2)[nH]1)N(C)C(=O)OC(C)(C)C. The number of carbonyl (C=O) groups excluding carboxylic acids is 1. The molecule has 136 valence electrons. The number of hydrogen-bond donors (Lipinski definition) is 1. The number of carbonyl (C=O) groups is 1. The third-order valence-electron chi connectivity index (χ3n) is 3.99. The van der Waals surface area contributed by atoms with Crippen LogP contribution in [0.25, 0.3) is 0 Å². The van der Waals surface area contributed by atoms with Crippen LogP contribution in [0.4, 0.5) is 4.79 Å². The second-order valence-electron chi connectivity index (χ2n) is 7.20. The maximum absolute atomic E-state index is 12.2. The van der Waals surface area contributed by atoms with E-state index in [1.54, 1.807) is 11.7 Å². The summed E-state index contributed by atoms with van der Waals surface area (Å²) in [5, 5.41) is 3.10. The minimum Gasteiger partial charge on any atom is -0.444 e. The molecular formula is C19H27N3O3. The summed E-state index contributed by atoms with van der Waals surface area (Å²) >= 11 is 0. The fourth-order valence-electron chi connectivity index (χ4n) is 2.42. The van der Waals surface area contributed by atoms with Crippen molar-refractivity contribution in [3.05, 3.63) is 58.0 Å². The highest BCUT2D eigenvalue weighted by Gasteiger charge is 2.25. The molecule has 1 amide bonds. The van der Waals surface area contributed by atoms with Crippen LogP contribution in [-0.4, -0.2) is 33.4 Å². The van der Waals surface area contributed by atoms with Crippen LogP contribution >= 0.6 is 0 Å². The van der Waals surface area contributed by atoms with Crippen LogP contribution in [0.15, 0.2) is 41.2 Å². The van der Waals surface area contributed by atoms with Gasteiger partial charge in [-0.3, -0.25) is 14.6 Å². The third kappa shape index (κ3) is 5.24. The Hall–Kier alpha value is -2.50. The number of hydrogen-bond acceptors (Lipinski definition) is 3. The van der Waals surface area contributed by atoms with Gasteiger partial charge in [-0.25, -0.2) is 4.79 Å². The molecule has 0 saturated heterocycles. The van der Waals surface area contributed by atoms with Crippen LogP contribution in [-0.2, 0) is 17.7 Å². The van der Waals surface area contributed by atoms with E-state index in [0.29, 0.717) is 12.2 Å². The van der Waals surface area contributed by atoms with E-state index in [0.717, 1.165) is 6.42 Å². The van der Waals surface area contributed by atoms with Crippen molar-refractivity contribution in [2.24, 2.45) is 0 Å². The first kappa shape index (κ1) is 18.8. The van der Waals surface area contributed by atoms with E-state index >= 15 is 0 Å². The molecule has 2 aromatic rings. The number of rotatable bonds is 5. The van der Waals surface area contributed by atoms with E-state index in [2.05, 4.69) is 5.10 Å². The predicted octanol–water partition coefficient (Wildman–Crippen LogP) is 3.35. The summed E-state index contributed by atoms with van der Waals surface area (Å²) in [6.07, 6.45) is 0.342. The van der Waals surface area contributed by atoms with E-state index < -0.39 is 11.7 Å². The third-order valence-corrected chi connectivity index (χ3v) is 3.99. The quantitative estimate of drug-likeness (QED) is 0.904. The first-order valence-corrected chi connectivity index (χ1v) is 8.47. The number of amides is 1. The van der Waals surface area contributed by atoms with Gasteiger partial charge in [-0.2, -0.15) is 0 Å². The lowest BCUT2D eigenvalue weighted by Gasteiger charge is -2.28. The lowest BCUT2D eigenvalue weighted by Crippen LogP contribution is -2.35. The minimum absolute atomic E-state index is 0.102. The first-order valence-electron chi connectivity index (χ1n) is 8.47. The lowest BCUT2D eigenvalue weighted by molar-refractivity contribution is 0.0230. The van der Waals surface area contributed by atoms with Crippen molar-refractivity contribution < 1.29 is 9.53 Å². The van der Waals surface area contributed by atoms with Gasteiger partial charge in [0.25, 0.3) is 5.56 Å². The fourth-order valence-corrected chi connectivity index (χ4v) is 2.42. The number of ether oxygens (including phenoxy) is 1. The van der Waals surface area contributed by atoms with E-state index in [-0.39, 0.29) is 11.6 Å². The van der Waals surface area contributed by atoms with E-state index in [4.69, 9.17) is 4.74 Å². The lowest BCUT2D eigenvalue weighted by atomic mass is 10.1. The van der Waals surface area contributed by atoms with Crippen molar-refractivity contribution in [3.8, 4) is 0 Å². The number of aromatic amines is 1. The molecule has 0 radical (unpaired) electrons. The number of H-pyrrole nitrogens is 1. The number of aromatic nitrogens is 2. The molecule has 1 N–H and O–H groups in total. The van der Waals surface area contributed by atoms with Gasteiger partial charge in [-0.15, -0.1) is 0 Å². The highest BCUT2D eigenvalue weighted by atomic mass is 16.6. The average Bonchev–Trinajstić information content (AvgIpc) is 2.92. The average molecular weight is 345 g/mol. The molecule has 1 atom stereocenters. The smallest absolute Gasteiger partial charge is 0.410 e. The second kappa shape index (κ2) is 7.59. The molecule has 1 aromatic carbocycles. The number of benzene rings is 1. The van der Waals surface area contributed by atoms with Crippen molar-refractivity contribution in [2.45, 2.75) is 52.3 Å². The maximum Gasteiger partial charge on any atom is 0.410 e. The van der Waals surface area contributed by atoms with Gasteiger partial charge in [0.15, 0.2) is 0 Å². The largest absolute Gasteiger partial charge is 0.444 e. The van der Waals surface area contributed by atoms with E-state index in [9.17, 15) is 9.59 Å². The second-order valence-corrected chi connectivity index (χ2v) is 7.20. The van der Waals surface area contributed by atoms with Crippen molar-refractivity contribution in [3.63, 3.8) is 0 Å². The standard InChI is InChI=1S/C19H27N3O3/c1-14(21(5)18(24)25-19(2,3)4)16-13-17(23)22(20-16)12-11-15-9-7-6-8-10-15/h6-10,13-14,20H,11-12H2,1-5H3. The monoisotopic (exact) mass is 345 g/mol. The molecule has 1 heterocycles. The maximum atomic E-state index is 12.2. The van der Waals surface area contributed by atoms with Gasteiger partial charge in [-0.1, -0.05) is 30.3 Å². The summed E-state index contributed by atoms with van der Waals surface area (Å²) in [5.41, 5.74) is 1.20. The van der Waals surface area contributed by atoms with Gasteiger partial charge in [0.05, 0.1) is 11.7 Å². The van der Waals surface area contributed by atoms with Gasteiger partial charge >= 0.3 is 6.09 Å². The van der Waals surface area contributed by atoms with Gasteiger partial charge in [0.1, 0.15) is 5.60 Å². The van der Waals surface area contributed by atoms with Crippen LogP contribution in [0, 0.1) is 0 Å². The van der Waals surface area contributed by atoms with Crippen LogP contribution in [0.2, 0.25) is 0 Å². The van der Waals surface area contributed by atoms with Gasteiger partial charge in [0, 0.05) is 19.7 Å². The molecule has 0 aliphatic rings. The zero-order valence-corrected chi connectivity index (χ0v) is 15.6. The van der Waals surface area contributed by atoms with Crippen molar-refractivity contribution in [1.82, 2.24) is 14.7 Å². The van der Waals surface area contributed by atoms with E-state index in [1.807, 2.05) is 58.0 Å². The predicted molar refractivity (Wildman–Crippen MR) is 97.6 cm³/mol. The van der Waals surface area contributed by atoms with E-state index in [1.165, 1.54) is 16.5 Å². The molecule has 6 heteroatoms. The molecule has 25 heavy (non-hydrogen) atoms. The van der Waals surface area contributed by atoms with Crippen LogP contribution < -0.4 is 5.56 Å². The Morgan fingerprint density at radius 3 is 2.52 bits per heavy atom. The number of aryl methyl sites for hydroxylation is 2. The van der Waals surface area contributed by atoms with Crippen molar-refractivity contribution in [2.75, 3.05) is 7.05 Å². The van der Waals surface area contributed by atoms with Crippen LogP contribution in [0.1, 0.15) is 45.0 Å². The summed E-state index contributed by atoms with van der Waals surface area (Å²) in [6.45, 7) is 7.89. The summed E-state index contributed by atoms with van der Waals surface area (Å²) < 4.78 is 6.94. The summed E-state index contributed by atoms with van der Waals surface area (Å²) in [5.74, 6) is 0. The van der Waals surface area contributed by atoms with Gasteiger partial charge in [0.2, 0.25) is 0 Å². The molecule has 0 aliphatic carbocycles. The summed E-state index contributed by atoms with van der Waals surface area (Å²) in [4.78, 5) is 25.8. The molecule has 2 rings (SSSR count). The summed E-state index contributed by atoms with van der Waals surface area (Å²) in [7, 11) is 1.67. The normalized spacial score (nSPS) is 12.7. The molecule has 0 spiro atoms. The molecule has 1 unspecified atom stereocenters. The van der Waals surface area contributed by atoms with Crippen LogP contribution in [0.3, 0.4) is 0 Å². The Balaban J connectivity index is 2.05. The molecule has 0 aliphatic heterocycles. The zero-order valence-electron chi connectivity index (χ0n) is 15.6. The molecule has 6 nitrogen and oxygen atoms in total. The molecular weight excluding hydrogens is 318 g/mol. The Bertz CT molecular complexity index is 756. The topological polar surface area (TPSA) is 67.3 Å². The molecule has 1 aromatic heterocycles. The Kier molecular flexibility index (Phi) is 5.72. The Labute approximate surface area is 148 Å². The zero-order chi connectivity index (χ0) is 18.6. The minimum atomic E-state index is -0.555. The van der Waals surface area contributed by atoms with Gasteiger partial charge < -0.3 is 9.64 Å². The molecule has 0 bridgehead atoms. The summed E-state index contributed by atoms with van der Waals surface area (Å²) in [6, 6.07) is 11.3. The molecule has 0 saturated carbocycles. The highest BCUT2D eigenvalue weighted by Crippen LogP contribution is 2.18. The Morgan fingerprint density at radius 2 is 1.92 bits per heavy atom. The van der Waals surface area contributed by atoms with Crippen molar-refractivity contribution in [1.29, 1.82) is 0 Å². The van der Waals surface area contributed by atoms with Crippen molar-refractivity contribution >= 4 is 6.09 Å². The first-order chi connectivity index (χ1) is 11.7. The van der Waals surface area contributed by atoms with Crippen LogP contribution in [0.5, 0.6) is 0 Å². The molecule has 0 fully saturated rings. The Morgan fingerprint density at radius 1 is 1.28 bits per heavy atom. The number of nitrogens with zero attached hydrogens (tertiary/aromatic N) is 2. The highest BCUT2D eigenvalue weighted by molar-refractivity contribution is 5.68.